The molecule has 2 N–H and O–H groups in total. The van der Waals surface area contributed by atoms with E-state index in [9.17, 15) is 9.90 Å². The number of hydrogen-bond donors (Lipinski definition) is 2. The predicted octanol–water partition coefficient (Wildman–Crippen LogP) is 4.01. The van der Waals surface area contributed by atoms with Crippen LogP contribution in [0.2, 0.25) is 0 Å². The van der Waals surface area contributed by atoms with Crippen molar-refractivity contribution < 1.29 is 14.6 Å². The molecule has 5 heteroatoms. The molecule has 0 radical (unpaired) electrons. The maximum atomic E-state index is 11.8. The fourth-order valence-corrected chi connectivity index (χ4v) is 2.09. The molecule has 1 rings (SSSR count). The van der Waals surface area contributed by atoms with Gasteiger partial charge in [0.2, 0.25) is 0 Å². The van der Waals surface area contributed by atoms with Crippen molar-refractivity contribution in [2.24, 2.45) is 0 Å². The topological polar surface area (TPSA) is 58.6 Å². The second kappa shape index (κ2) is 7.27. The molecule has 0 saturated heterocycles. The van der Waals surface area contributed by atoms with Crippen LogP contribution in [0.15, 0.2) is 28.7 Å². The number of carbonyl (C=O) groups excluding carboxylic acids is 1. The van der Waals surface area contributed by atoms with Gasteiger partial charge in [0.15, 0.2) is 0 Å². The molecule has 1 atom stereocenters. The predicted molar refractivity (Wildman–Crippen MR) is 87.1 cm³/mol. The highest BCUT2D eigenvalue weighted by atomic mass is 79.9. The molecule has 4 nitrogen and oxygen atoms in total. The van der Waals surface area contributed by atoms with Crippen LogP contribution in [0.1, 0.15) is 46.1 Å². The average molecular weight is 358 g/mol. The summed E-state index contributed by atoms with van der Waals surface area (Å²) >= 11 is 3.39. The largest absolute Gasteiger partial charge is 0.444 e. The van der Waals surface area contributed by atoms with Gasteiger partial charge in [0.05, 0.1) is 0 Å². The van der Waals surface area contributed by atoms with Crippen molar-refractivity contribution in [1.82, 2.24) is 5.32 Å². The van der Waals surface area contributed by atoms with Crippen LogP contribution >= 0.6 is 15.9 Å². The van der Waals surface area contributed by atoms with Gasteiger partial charge in [-0.05, 0) is 57.7 Å². The molecule has 0 aromatic heterocycles. The maximum Gasteiger partial charge on any atom is 0.409 e. The van der Waals surface area contributed by atoms with Crippen molar-refractivity contribution in [3.63, 3.8) is 0 Å². The van der Waals surface area contributed by atoms with Crippen molar-refractivity contribution in [3.8, 4) is 0 Å². The van der Waals surface area contributed by atoms with E-state index in [2.05, 4.69) is 21.2 Å². The van der Waals surface area contributed by atoms with Crippen LogP contribution in [0.3, 0.4) is 0 Å². The number of ether oxygens (including phenoxy) is 1. The van der Waals surface area contributed by atoms with Crippen LogP contribution in [0.25, 0.3) is 0 Å². The minimum atomic E-state index is -1.25. The molecular weight excluding hydrogens is 334 g/mol. The highest BCUT2D eigenvalue weighted by Crippen LogP contribution is 2.18. The zero-order valence-electron chi connectivity index (χ0n) is 13.1. The summed E-state index contributed by atoms with van der Waals surface area (Å²) in [4.78, 5) is 11.8. The molecule has 0 fully saturated rings. The minimum absolute atomic E-state index is 0.419. The normalized spacial score (nSPS) is 14.4. The summed E-state index contributed by atoms with van der Waals surface area (Å²) in [6.45, 7) is 7.21. The summed E-state index contributed by atoms with van der Waals surface area (Å²) in [5.74, 6) is 0. The van der Waals surface area contributed by atoms with E-state index < -0.39 is 17.4 Å². The van der Waals surface area contributed by atoms with Crippen LogP contribution in [-0.2, 0) is 11.2 Å². The van der Waals surface area contributed by atoms with Crippen molar-refractivity contribution in [2.75, 3.05) is 0 Å². The standard InChI is InChI=1S/C16H24BrNO3/c1-5-16(20,18-14(19)21-15(2,3)4)11-10-12-6-8-13(17)9-7-12/h6-9,20H,5,10-11H2,1-4H3,(H,18,19). The van der Waals surface area contributed by atoms with E-state index in [0.29, 0.717) is 19.3 Å². The number of halogens is 1. The maximum absolute atomic E-state index is 11.8. The van der Waals surface area contributed by atoms with Gasteiger partial charge >= 0.3 is 6.09 Å². The molecular formula is C16H24BrNO3. The Morgan fingerprint density at radius 2 is 1.86 bits per heavy atom. The van der Waals surface area contributed by atoms with Crippen LogP contribution in [0.4, 0.5) is 4.79 Å². The van der Waals surface area contributed by atoms with Gasteiger partial charge < -0.3 is 9.84 Å². The molecule has 1 aromatic carbocycles. The lowest BCUT2D eigenvalue weighted by molar-refractivity contribution is -0.0216. The smallest absolute Gasteiger partial charge is 0.409 e. The Morgan fingerprint density at radius 3 is 2.33 bits per heavy atom. The molecule has 0 bridgehead atoms. The minimum Gasteiger partial charge on any atom is -0.444 e. The Kier molecular flexibility index (Phi) is 6.23. The molecule has 0 aliphatic heterocycles. The van der Waals surface area contributed by atoms with Gasteiger partial charge in [-0.3, -0.25) is 5.32 Å². The van der Waals surface area contributed by atoms with Gasteiger partial charge in [-0.25, -0.2) is 4.79 Å². The van der Waals surface area contributed by atoms with Gasteiger partial charge in [-0.2, -0.15) is 0 Å². The zero-order valence-corrected chi connectivity index (χ0v) is 14.7. The molecule has 1 amide bonds. The van der Waals surface area contributed by atoms with Gasteiger partial charge in [0.25, 0.3) is 0 Å². The summed E-state index contributed by atoms with van der Waals surface area (Å²) in [5.41, 5.74) is -0.726. The van der Waals surface area contributed by atoms with E-state index in [1.807, 2.05) is 31.2 Å². The molecule has 0 aliphatic rings. The summed E-state index contributed by atoms with van der Waals surface area (Å²) in [7, 11) is 0. The van der Waals surface area contributed by atoms with Gasteiger partial charge in [-0.15, -0.1) is 0 Å². The average Bonchev–Trinajstić information content (AvgIpc) is 2.36. The molecule has 1 unspecified atom stereocenters. The van der Waals surface area contributed by atoms with Crippen LogP contribution < -0.4 is 5.32 Å². The molecule has 118 valence electrons. The van der Waals surface area contributed by atoms with E-state index in [0.717, 1.165) is 10.0 Å². The molecule has 0 spiro atoms. The quantitative estimate of drug-likeness (QED) is 0.782. The van der Waals surface area contributed by atoms with Crippen LogP contribution in [0.5, 0.6) is 0 Å². The molecule has 21 heavy (non-hydrogen) atoms. The third-order valence-corrected chi connectivity index (χ3v) is 3.59. The summed E-state index contributed by atoms with van der Waals surface area (Å²) < 4.78 is 6.20. The number of carbonyl (C=O) groups is 1. The molecule has 0 heterocycles. The van der Waals surface area contributed by atoms with E-state index >= 15 is 0 Å². The van der Waals surface area contributed by atoms with Crippen LogP contribution in [-0.4, -0.2) is 22.5 Å². The Morgan fingerprint density at radius 1 is 1.29 bits per heavy atom. The molecule has 1 aromatic rings. The Balaban J connectivity index is 2.59. The Labute approximate surface area is 135 Å². The van der Waals surface area contributed by atoms with Crippen molar-refractivity contribution >= 4 is 22.0 Å². The second-order valence-electron chi connectivity index (χ2n) is 6.14. The van der Waals surface area contributed by atoms with Crippen LogP contribution in [0, 0.1) is 0 Å². The van der Waals surface area contributed by atoms with E-state index in [-0.39, 0.29) is 0 Å². The summed E-state index contributed by atoms with van der Waals surface area (Å²) in [5, 5.41) is 13.0. The number of aliphatic hydroxyl groups is 1. The van der Waals surface area contributed by atoms with Crippen molar-refractivity contribution in [3.05, 3.63) is 34.3 Å². The Hall–Kier alpha value is -1.07. The first kappa shape index (κ1) is 18.0. The molecule has 0 aliphatic carbocycles. The van der Waals surface area contributed by atoms with Crippen molar-refractivity contribution in [1.29, 1.82) is 0 Å². The third-order valence-electron chi connectivity index (χ3n) is 3.06. The van der Waals surface area contributed by atoms with Gasteiger partial charge in [-0.1, -0.05) is 35.0 Å². The van der Waals surface area contributed by atoms with Crippen molar-refractivity contribution in [2.45, 2.75) is 58.3 Å². The highest BCUT2D eigenvalue weighted by molar-refractivity contribution is 9.10. The first-order valence-electron chi connectivity index (χ1n) is 7.11. The Bertz CT molecular complexity index is 467. The number of rotatable bonds is 5. The van der Waals surface area contributed by atoms with E-state index in [1.165, 1.54) is 0 Å². The number of alkyl carbamates (subject to hydrolysis) is 1. The summed E-state index contributed by atoms with van der Waals surface area (Å²) in [6, 6.07) is 7.91. The summed E-state index contributed by atoms with van der Waals surface area (Å²) in [6.07, 6.45) is 0.934. The number of hydrogen-bond acceptors (Lipinski definition) is 3. The van der Waals surface area contributed by atoms with E-state index in [1.54, 1.807) is 20.8 Å². The van der Waals surface area contributed by atoms with Gasteiger partial charge in [0, 0.05) is 4.47 Å². The lowest BCUT2D eigenvalue weighted by atomic mass is 10.0. The number of aryl methyl sites for hydroxylation is 1. The number of benzene rings is 1. The molecule has 0 saturated carbocycles. The lowest BCUT2D eigenvalue weighted by Gasteiger charge is -2.30. The van der Waals surface area contributed by atoms with Gasteiger partial charge in [0.1, 0.15) is 11.3 Å². The highest BCUT2D eigenvalue weighted by Gasteiger charge is 2.29. The number of nitrogens with one attached hydrogen (secondary N) is 1. The second-order valence-corrected chi connectivity index (χ2v) is 7.05. The third kappa shape index (κ3) is 6.96. The first-order chi connectivity index (χ1) is 9.63. The zero-order chi connectivity index (χ0) is 16.1. The first-order valence-corrected chi connectivity index (χ1v) is 7.91. The van der Waals surface area contributed by atoms with E-state index in [4.69, 9.17) is 4.74 Å². The monoisotopic (exact) mass is 357 g/mol. The number of amides is 1. The lowest BCUT2D eigenvalue weighted by Crippen LogP contribution is -2.50. The SMILES string of the molecule is CCC(O)(CCc1ccc(Br)cc1)NC(=O)OC(C)(C)C. The fraction of sp³-hybridized carbons (Fsp3) is 0.562. The fourth-order valence-electron chi connectivity index (χ4n) is 1.82.